The average molecular weight is 595 g/mol. The highest BCUT2D eigenvalue weighted by Crippen LogP contribution is 2.45. The summed E-state index contributed by atoms with van der Waals surface area (Å²) < 4.78 is 6.80. The average Bonchev–Trinajstić information content (AvgIpc) is 3.47. The van der Waals surface area contributed by atoms with E-state index in [-0.39, 0.29) is 16.3 Å². The van der Waals surface area contributed by atoms with Gasteiger partial charge in [0.1, 0.15) is 5.69 Å². The molecule has 8 heteroatoms. The Kier molecular flexibility index (Phi) is 10.2. The largest absolute Gasteiger partial charge is 0.466 e. The molecule has 7 nitrogen and oxygen atoms in total. The molecule has 222 valence electrons. The molecular weight excluding hydrogens is 556 g/mol. The van der Waals surface area contributed by atoms with Crippen LogP contribution in [0.2, 0.25) is 0 Å². The summed E-state index contributed by atoms with van der Waals surface area (Å²) in [5.41, 5.74) is 4.91. The lowest BCUT2D eigenvalue weighted by Gasteiger charge is -2.49. The number of esters is 1. The highest BCUT2D eigenvalue weighted by Gasteiger charge is 2.44. The van der Waals surface area contributed by atoms with E-state index >= 15 is 0 Å². The number of likely N-dealkylation sites (tertiary alicyclic amines) is 1. The van der Waals surface area contributed by atoms with Gasteiger partial charge in [-0.3, -0.25) is 19.2 Å². The van der Waals surface area contributed by atoms with Crippen molar-refractivity contribution in [1.29, 1.82) is 0 Å². The van der Waals surface area contributed by atoms with E-state index < -0.39 is 5.54 Å². The lowest BCUT2D eigenvalue weighted by molar-refractivity contribution is -0.143. The van der Waals surface area contributed by atoms with Crippen molar-refractivity contribution in [3.8, 4) is 0 Å². The second kappa shape index (κ2) is 14.4. The number of carbonyl (C=O) groups excluding carboxylic acids is 2. The van der Waals surface area contributed by atoms with E-state index in [1.807, 2.05) is 13.1 Å². The van der Waals surface area contributed by atoms with Crippen LogP contribution in [0.4, 0.5) is 0 Å². The predicted octanol–water partition coefficient (Wildman–Crippen LogP) is 6.35. The molecule has 2 heterocycles. The quantitative estimate of drug-likeness (QED) is 0.148. The first-order valence-corrected chi connectivity index (χ1v) is 15.7. The zero-order valence-electron chi connectivity index (χ0n) is 24.8. The van der Waals surface area contributed by atoms with Crippen molar-refractivity contribution in [2.45, 2.75) is 50.4 Å². The van der Waals surface area contributed by atoms with Gasteiger partial charge in [0.25, 0.3) is 0 Å². The highest BCUT2D eigenvalue weighted by atomic mass is 32.2. The van der Waals surface area contributed by atoms with Crippen LogP contribution in [0.3, 0.4) is 0 Å². The molecule has 1 aliphatic rings. The number of aromatic nitrogens is 3. The van der Waals surface area contributed by atoms with Crippen LogP contribution in [0.15, 0.2) is 103 Å². The fraction of sp³-hybridized carbons (Fsp3) is 0.314. The van der Waals surface area contributed by atoms with Gasteiger partial charge in [-0.15, -0.1) is 5.10 Å². The number of hydrogen-bond acceptors (Lipinski definition) is 7. The van der Waals surface area contributed by atoms with Gasteiger partial charge in [-0.25, -0.2) is 0 Å². The van der Waals surface area contributed by atoms with Gasteiger partial charge in [-0.05, 0) is 48.1 Å². The predicted molar refractivity (Wildman–Crippen MR) is 171 cm³/mol. The minimum Gasteiger partial charge on any atom is -0.466 e. The van der Waals surface area contributed by atoms with Crippen molar-refractivity contribution in [3.63, 3.8) is 0 Å². The fourth-order valence-electron chi connectivity index (χ4n) is 6.00. The van der Waals surface area contributed by atoms with Crippen molar-refractivity contribution < 1.29 is 14.3 Å². The molecule has 0 radical (unpaired) electrons. The molecule has 43 heavy (non-hydrogen) atoms. The second-order valence-electron chi connectivity index (χ2n) is 10.7. The van der Waals surface area contributed by atoms with Gasteiger partial charge in [-0.1, -0.05) is 108 Å². The highest BCUT2D eigenvalue weighted by molar-refractivity contribution is 8.14. The molecule has 1 aliphatic heterocycles. The zero-order chi connectivity index (χ0) is 30.1. The summed E-state index contributed by atoms with van der Waals surface area (Å²) in [6, 6.07) is 32.0. The van der Waals surface area contributed by atoms with Crippen molar-refractivity contribution >= 4 is 28.9 Å². The number of rotatable bonds is 11. The molecule has 1 atom stereocenters. The van der Waals surface area contributed by atoms with E-state index in [9.17, 15) is 9.59 Å². The Balaban J connectivity index is 1.52. The van der Waals surface area contributed by atoms with E-state index in [2.05, 4.69) is 112 Å². The number of piperidine rings is 1. The van der Waals surface area contributed by atoms with Crippen molar-refractivity contribution in [3.05, 3.63) is 125 Å². The van der Waals surface area contributed by atoms with Gasteiger partial charge in [0.2, 0.25) is 0 Å². The molecule has 0 bridgehead atoms. The molecule has 1 unspecified atom stereocenters. The minimum atomic E-state index is -0.542. The molecule has 4 aromatic rings. The van der Waals surface area contributed by atoms with E-state index in [0.717, 1.165) is 24.2 Å². The second-order valence-corrected chi connectivity index (χ2v) is 12.0. The lowest BCUT2D eigenvalue weighted by atomic mass is 9.74. The first-order chi connectivity index (χ1) is 21.0. The molecule has 1 saturated heterocycles. The van der Waals surface area contributed by atoms with Gasteiger partial charge in [0, 0.05) is 38.2 Å². The number of thioether (sulfide) groups is 1. The number of nitrogens with zero attached hydrogens (tertiary/aromatic N) is 4. The van der Waals surface area contributed by atoms with Gasteiger partial charge in [0.05, 0.1) is 18.3 Å². The van der Waals surface area contributed by atoms with Crippen LogP contribution < -0.4 is 0 Å². The van der Waals surface area contributed by atoms with Crippen LogP contribution in [0.1, 0.15) is 55.5 Å². The summed E-state index contributed by atoms with van der Waals surface area (Å²) in [5.74, 6) is -0.199. The van der Waals surface area contributed by atoms with Crippen LogP contribution in [-0.4, -0.2) is 55.9 Å². The van der Waals surface area contributed by atoms with Gasteiger partial charge >= 0.3 is 5.97 Å². The third kappa shape index (κ3) is 7.14. The molecule has 1 aromatic heterocycles. The lowest BCUT2D eigenvalue weighted by Crippen LogP contribution is -2.52. The third-order valence-corrected chi connectivity index (χ3v) is 8.92. The van der Waals surface area contributed by atoms with Gasteiger partial charge in [0.15, 0.2) is 5.12 Å². The maximum atomic E-state index is 12.3. The molecule has 0 N–H and O–H groups in total. The summed E-state index contributed by atoms with van der Waals surface area (Å²) in [6.07, 6.45) is 5.79. The van der Waals surface area contributed by atoms with E-state index in [1.54, 1.807) is 11.6 Å². The van der Waals surface area contributed by atoms with Crippen molar-refractivity contribution in [1.82, 2.24) is 19.9 Å². The van der Waals surface area contributed by atoms with Crippen LogP contribution >= 0.6 is 11.8 Å². The molecule has 0 spiro atoms. The standard InChI is InChI=1S/C35H38N4O3S/c1-3-42-34(41)20-13-22-39-26-32(36-37-39)24-28-25-38(23-21-33(28)43-27(2)40)35(29-14-7-4-8-15-29,30-16-9-5-10-17-30)31-18-11-6-12-19-31/h4-12,14-19,24,26,33H,3,13,20-23,25H2,1-2H3. The number of hydrogen-bond donors (Lipinski definition) is 0. The Labute approximate surface area is 257 Å². The van der Waals surface area contributed by atoms with Gasteiger partial charge in [-0.2, -0.15) is 0 Å². The first-order valence-electron chi connectivity index (χ1n) is 14.9. The normalized spacial score (nSPS) is 16.7. The van der Waals surface area contributed by atoms with Crippen molar-refractivity contribution in [2.75, 3.05) is 19.7 Å². The smallest absolute Gasteiger partial charge is 0.305 e. The summed E-state index contributed by atoms with van der Waals surface area (Å²) in [5, 5.41) is 8.88. The van der Waals surface area contributed by atoms with Gasteiger partial charge < -0.3 is 4.74 Å². The monoisotopic (exact) mass is 594 g/mol. The molecule has 0 amide bonds. The van der Waals surface area contributed by atoms with E-state index in [1.165, 1.54) is 28.5 Å². The maximum Gasteiger partial charge on any atom is 0.305 e. The van der Waals surface area contributed by atoms with Crippen LogP contribution in [0, 0.1) is 0 Å². The maximum absolute atomic E-state index is 12.3. The summed E-state index contributed by atoms with van der Waals surface area (Å²) >= 11 is 1.39. The minimum absolute atomic E-state index is 0.0442. The zero-order valence-corrected chi connectivity index (χ0v) is 25.6. The molecular formula is C35H38N4O3S. The summed E-state index contributed by atoms with van der Waals surface area (Å²) in [6.45, 7) is 5.86. The van der Waals surface area contributed by atoms with E-state index in [4.69, 9.17) is 4.74 Å². The molecule has 1 fully saturated rings. The summed E-state index contributed by atoms with van der Waals surface area (Å²) in [7, 11) is 0. The van der Waals surface area contributed by atoms with Crippen LogP contribution in [0.25, 0.3) is 6.08 Å². The van der Waals surface area contributed by atoms with Crippen molar-refractivity contribution in [2.24, 2.45) is 0 Å². The Morgan fingerprint density at radius 1 is 0.953 bits per heavy atom. The summed E-state index contributed by atoms with van der Waals surface area (Å²) in [4.78, 5) is 26.6. The number of aryl methyl sites for hydroxylation is 1. The molecule has 5 rings (SSSR count). The SMILES string of the molecule is CCOC(=O)CCCn1cc(C=C2CN(C(c3ccccc3)(c3ccccc3)c3ccccc3)CCC2SC(C)=O)nn1. The molecule has 0 aliphatic carbocycles. The Morgan fingerprint density at radius 3 is 2.07 bits per heavy atom. The Bertz CT molecular complexity index is 1430. The topological polar surface area (TPSA) is 77.3 Å². The fourth-order valence-corrected chi connectivity index (χ4v) is 6.92. The van der Waals surface area contributed by atoms with E-state index in [0.29, 0.717) is 32.5 Å². The van der Waals surface area contributed by atoms with Crippen LogP contribution in [-0.2, 0) is 26.4 Å². The Hall–Kier alpha value is -4.01. The molecule has 3 aromatic carbocycles. The first kappa shape index (κ1) is 30.4. The number of carbonyl (C=O) groups is 2. The third-order valence-electron chi connectivity index (χ3n) is 7.77. The molecule has 0 saturated carbocycles. The van der Waals surface area contributed by atoms with Crippen LogP contribution in [0.5, 0.6) is 0 Å². The Morgan fingerprint density at radius 2 is 1.53 bits per heavy atom. The number of ether oxygens (including phenoxy) is 1. The number of benzene rings is 3.